The molecule has 0 radical (unpaired) electrons. The first-order valence-electron chi connectivity index (χ1n) is 14.8. The molecule has 44 heavy (non-hydrogen) atoms. The van der Waals surface area contributed by atoms with Crippen LogP contribution in [0.15, 0.2) is 66.8 Å². The number of aromatic hydroxyl groups is 1. The van der Waals surface area contributed by atoms with Gasteiger partial charge in [0.15, 0.2) is 6.10 Å². The van der Waals surface area contributed by atoms with E-state index in [9.17, 15) is 24.3 Å². The molecular formula is C34H41ClN2O7. The molecule has 0 aliphatic carbocycles. The van der Waals surface area contributed by atoms with Gasteiger partial charge in [-0.25, -0.2) is 4.79 Å². The highest BCUT2D eigenvalue weighted by molar-refractivity contribution is 6.32. The molecule has 0 bridgehead atoms. The first-order valence-corrected chi connectivity index (χ1v) is 15.2. The molecule has 0 spiro atoms. The summed E-state index contributed by atoms with van der Waals surface area (Å²) >= 11 is 6.05. The number of ether oxygens (including phenoxy) is 2. The Bertz CT molecular complexity index is 1360. The Morgan fingerprint density at radius 3 is 2.43 bits per heavy atom. The molecule has 2 aromatic rings. The standard InChI is InChI=1S/C34H41ClN2O7/c1-21(2)17-30-34(42)43-29(22(3)13-14-24-9-6-5-7-10-24)11-8-12-31(39)37-27(19-25-15-16-28(38)26(35)18-25)32(40)36-20-23(4)33(41)44-30/h5-10,12-16,18,21-23,27,29-30,38H,11,17,19-20H2,1-4H3,(H,36,40)(H,37,39)/b12-8+,14-13+/t22-,23-,27-,29?,30?/m1/s1. The van der Waals surface area contributed by atoms with Gasteiger partial charge in [0.25, 0.3) is 0 Å². The Labute approximate surface area is 263 Å². The van der Waals surface area contributed by atoms with Crippen LogP contribution in [0.5, 0.6) is 5.75 Å². The molecule has 2 unspecified atom stereocenters. The zero-order chi connectivity index (χ0) is 32.2. The maximum atomic E-state index is 13.3. The Morgan fingerprint density at radius 1 is 1.02 bits per heavy atom. The molecular weight excluding hydrogens is 584 g/mol. The molecule has 1 aliphatic heterocycles. The number of phenols is 1. The summed E-state index contributed by atoms with van der Waals surface area (Å²) in [5.41, 5.74) is 1.59. The number of hydrogen-bond acceptors (Lipinski definition) is 7. The van der Waals surface area contributed by atoms with Crippen molar-refractivity contribution in [3.8, 4) is 5.75 Å². The van der Waals surface area contributed by atoms with Crippen molar-refractivity contribution < 1.29 is 33.8 Å². The molecule has 3 rings (SSSR count). The Kier molecular flexibility index (Phi) is 13.0. The first kappa shape index (κ1) is 34.4. The third-order valence-electron chi connectivity index (χ3n) is 7.16. The number of nitrogens with one attached hydrogen (secondary N) is 2. The number of phenolic OH excluding ortho intramolecular Hbond substituents is 1. The molecule has 1 heterocycles. The normalized spacial score (nSPS) is 23.9. The minimum atomic E-state index is -1.12. The zero-order valence-corrected chi connectivity index (χ0v) is 26.3. The van der Waals surface area contributed by atoms with Crippen LogP contribution in [0.4, 0.5) is 0 Å². The van der Waals surface area contributed by atoms with Crippen LogP contribution in [0.2, 0.25) is 5.02 Å². The summed E-state index contributed by atoms with van der Waals surface area (Å²) in [5.74, 6) is -3.45. The summed E-state index contributed by atoms with van der Waals surface area (Å²) < 4.78 is 11.6. The smallest absolute Gasteiger partial charge is 0.347 e. The quantitative estimate of drug-likeness (QED) is 0.369. The number of carbonyl (C=O) groups is 4. The van der Waals surface area contributed by atoms with E-state index in [4.69, 9.17) is 21.1 Å². The second kappa shape index (κ2) is 16.7. The fourth-order valence-corrected chi connectivity index (χ4v) is 4.74. The molecule has 236 valence electrons. The monoisotopic (exact) mass is 624 g/mol. The Hall–Kier alpha value is -4.11. The van der Waals surface area contributed by atoms with E-state index in [-0.39, 0.29) is 48.4 Å². The van der Waals surface area contributed by atoms with Gasteiger partial charge in [-0.15, -0.1) is 0 Å². The van der Waals surface area contributed by atoms with Gasteiger partial charge in [-0.3, -0.25) is 14.4 Å². The number of hydrogen-bond donors (Lipinski definition) is 3. The third kappa shape index (κ3) is 10.9. The summed E-state index contributed by atoms with van der Waals surface area (Å²) in [6.07, 6.45) is 5.51. The predicted molar refractivity (Wildman–Crippen MR) is 169 cm³/mol. The van der Waals surface area contributed by atoms with Crippen molar-refractivity contribution in [2.24, 2.45) is 17.8 Å². The number of esters is 2. The molecule has 9 nitrogen and oxygen atoms in total. The molecule has 0 aromatic heterocycles. The average molecular weight is 625 g/mol. The van der Waals surface area contributed by atoms with E-state index in [1.807, 2.05) is 63.3 Å². The SMILES string of the molecule is CC(C)CC1OC(=O)[C@H](C)CNC(=O)[C@@H](Cc2ccc(O)c(Cl)c2)NC(=O)/C=C/CC([C@H](C)/C=C/c2ccccc2)OC1=O. The van der Waals surface area contributed by atoms with Gasteiger partial charge in [0.2, 0.25) is 11.8 Å². The van der Waals surface area contributed by atoms with Gasteiger partial charge in [0.1, 0.15) is 17.9 Å². The van der Waals surface area contributed by atoms with Crippen molar-refractivity contribution in [1.29, 1.82) is 0 Å². The van der Waals surface area contributed by atoms with E-state index in [1.54, 1.807) is 19.1 Å². The highest BCUT2D eigenvalue weighted by atomic mass is 35.5. The minimum absolute atomic E-state index is 0.0348. The second-order valence-corrected chi connectivity index (χ2v) is 11.9. The largest absolute Gasteiger partial charge is 0.506 e. The van der Waals surface area contributed by atoms with Crippen LogP contribution < -0.4 is 10.6 Å². The summed E-state index contributed by atoms with van der Waals surface area (Å²) in [4.78, 5) is 52.5. The fraction of sp³-hybridized carbons (Fsp3) is 0.412. The summed E-state index contributed by atoms with van der Waals surface area (Å²) in [6, 6.07) is 13.2. The molecule has 5 atom stereocenters. The zero-order valence-electron chi connectivity index (χ0n) is 25.5. The Balaban J connectivity index is 1.89. The molecule has 3 N–H and O–H groups in total. The van der Waals surface area contributed by atoms with Crippen LogP contribution in [-0.4, -0.2) is 53.7 Å². The maximum absolute atomic E-state index is 13.3. The number of benzene rings is 2. The van der Waals surface area contributed by atoms with Gasteiger partial charge in [-0.05, 0) is 41.7 Å². The van der Waals surface area contributed by atoms with Gasteiger partial charge in [-0.1, -0.05) is 93.9 Å². The number of cyclic esters (lactones) is 2. The summed E-state index contributed by atoms with van der Waals surface area (Å²) in [5, 5.41) is 15.3. The van der Waals surface area contributed by atoms with E-state index in [2.05, 4.69) is 10.6 Å². The van der Waals surface area contributed by atoms with Gasteiger partial charge in [0.05, 0.1) is 10.9 Å². The van der Waals surface area contributed by atoms with Crippen LogP contribution >= 0.6 is 11.6 Å². The third-order valence-corrected chi connectivity index (χ3v) is 7.46. The lowest BCUT2D eigenvalue weighted by atomic mass is 9.99. The first-order chi connectivity index (χ1) is 20.9. The molecule has 1 aliphatic rings. The number of halogens is 1. The van der Waals surface area contributed by atoms with Crippen LogP contribution in [-0.2, 0) is 35.1 Å². The lowest BCUT2D eigenvalue weighted by Crippen LogP contribution is -2.49. The van der Waals surface area contributed by atoms with E-state index >= 15 is 0 Å². The summed E-state index contributed by atoms with van der Waals surface area (Å²) in [6.45, 7) is 7.23. The maximum Gasteiger partial charge on any atom is 0.347 e. The highest BCUT2D eigenvalue weighted by Gasteiger charge is 2.31. The fourth-order valence-electron chi connectivity index (χ4n) is 4.53. The van der Waals surface area contributed by atoms with Crippen LogP contribution in [0.1, 0.15) is 51.7 Å². The van der Waals surface area contributed by atoms with Crippen molar-refractivity contribution in [2.75, 3.05) is 6.54 Å². The van der Waals surface area contributed by atoms with Gasteiger partial charge in [-0.2, -0.15) is 0 Å². The van der Waals surface area contributed by atoms with E-state index in [0.29, 0.717) is 5.56 Å². The highest BCUT2D eigenvalue weighted by Crippen LogP contribution is 2.24. The van der Waals surface area contributed by atoms with Gasteiger partial charge < -0.3 is 25.2 Å². The number of amides is 2. The molecule has 10 heteroatoms. The minimum Gasteiger partial charge on any atom is -0.506 e. The van der Waals surface area contributed by atoms with Crippen LogP contribution in [0.25, 0.3) is 6.08 Å². The van der Waals surface area contributed by atoms with E-state index in [1.165, 1.54) is 18.2 Å². The molecule has 0 saturated heterocycles. The topological polar surface area (TPSA) is 131 Å². The van der Waals surface area contributed by atoms with Crippen LogP contribution in [0, 0.1) is 17.8 Å². The second-order valence-electron chi connectivity index (χ2n) is 11.5. The Morgan fingerprint density at radius 2 is 1.75 bits per heavy atom. The van der Waals surface area contributed by atoms with Crippen molar-refractivity contribution in [3.63, 3.8) is 0 Å². The van der Waals surface area contributed by atoms with Crippen molar-refractivity contribution >= 4 is 41.4 Å². The van der Waals surface area contributed by atoms with Crippen molar-refractivity contribution in [1.82, 2.24) is 10.6 Å². The molecule has 0 saturated carbocycles. The number of carbonyl (C=O) groups excluding carboxylic acids is 4. The lowest BCUT2D eigenvalue weighted by Gasteiger charge is -2.26. The molecule has 2 aromatic carbocycles. The summed E-state index contributed by atoms with van der Waals surface area (Å²) in [7, 11) is 0. The van der Waals surface area contributed by atoms with E-state index in [0.717, 1.165) is 5.56 Å². The van der Waals surface area contributed by atoms with Crippen LogP contribution in [0.3, 0.4) is 0 Å². The predicted octanol–water partition coefficient (Wildman–Crippen LogP) is 5.00. The average Bonchev–Trinajstić information content (AvgIpc) is 2.98. The van der Waals surface area contributed by atoms with Gasteiger partial charge >= 0.3 is 11.9 Å². The van der Waals surface area contributed by atoms with Gasteiger partial charge in [0, 0.05) is 25.3 Å². The molecule has 0 fully saturated rings. The number of rotatable bonds is 7. The molecule has 2 amide bonds. The van der Waals surface area contributed by atoms with Crippen molar-refractivity contribution in [2.45, 2.75) is 65.2 Å². The van der Waals surface area contributed by atoms with E-state index < -0.39 is 47.9 Å². The van der Waals surface area contributed by atoms with Crippen molar-refractivity contribution in [3.05, 3.63) is 82.9 Å². The lowest BCUT2D eigenvalue weighted by molar-refractivity contribution is -0.175.